The van der Waals surface area contributed by atoms with Crippen LogP contribution < -0.4 is 15.5 Å². The molecule has 1 fully saturated rings. The largest absolute Gasteiger partial charge is 0.418 e. The molecule has 2 atom stereocenters. The minimum Gasteiger partial charge on any atom is -0.369 e. The van der Waals surface area contributed by atoms with E-state index in [1.807, 2.05) is 24.3 Å². The fraction of sp³-hybridized carbons (Fsp3) is 0.462. The highest BCUT2D eigenvalue weighted by atomic mass is 19.4. The number of nitrogens with zero attached hydrogens (tertiary/aromatic N) is 2. The summed E-state index contributed by atoms with van der Waals surface area (Å²) in [5.74, 6) is -0.802. The van der Waals surface area contributed by atoms with Gasteiger partial charge >= 0.3 is 6.18 Å². The van der Waals surface area contributed by atoms with Gasteiger partial charge in [0.05, 0.1) is 6.07 Å². The molecule has 2 aromatic rings. The summed E-state index contributed by atoms with van der Waals surface area (Å²) in [5, 5.41) is 14.3. The van der Waals surface area contributed by atoms with Crippen molar-refractivity contribution >= 4 is 11.6 Å². The Morgan fingerprint density at radius 2 is 1.66 bits per heavy atom. The van der Waals surface area contributed by atoms with Crippen molar-refractivity contribution in [2.75, 3.05) is 37.6 Å². The van der Waals surface area contributed by atoms with Crippen molar-refractivity contribution in [3.63, 3.8) is 0 Å². The van der Waals surface area contributed by atoms with E-state index in [4.69, 9.17) is 10.00 Å². The van der Waals surface area contributed by atoms with Crippen LogP contribution in [0, 0.1) is 17.2 Å². The van der Waals surface area contributed by atoms with Crippen LogP contribution >= 0.6 is 0 Å². The molecule has 35 heavy (non-hydrogen) atoms. The second-order valence-corrected chi connectivity index (χ2v) is 8.96. The van der Waals surface area contributed by atoms with Crippen molar-refractivity contribution < 1.29 is 22.7 Å². The van der Waals surface area contributed by atoms with Crippen molar-refractivity contribution in [1.82, 2.24) is 10.6 Å². The smallest absolute Gasteiger partial charge is 0.369 e. The zero-order chi connectivity index (χ0) is 25.4. The molecule has 0 bridgehead atoms. The van der Waals surface area contributed by atoms with Crippen molar-refractivity contribution in [3.8, 4) is 17.2 Å². The molecular weight excluding hydrogens is 457 g/mol. The van der Waals surface area contributed by atoms with Gasteiger partial charge in [-0.05, 0) is 41.2 Å². The molecule has 1 aliphatic heterocycles. The van der Waals surface area contributed by atoms with E-state index in [1.54, 1.807) is 32.0 Å². The van der Waals surface area contributed by atoms with E-state index in [0.717, 1.165) is 43.0 Å². The zero-order valence-electron chi connectivity index (χ0n) is 19.9. The Morgan fingerprint density at radius 3 is 2.17 bits per heavy atom. The number of hydrogen-bond acceptors (Lipinski definition) is 5. The summed E-state index contributed by atoms with van der Waals surface area (Å²) < 4.78 is 47.2. The number of rotatable bonds is 9. The number of anilines is 1. The van der Waals surface area contributed by atoms with Crippen LogP contribution in [0.5, 0.6) is 0 Å². The highest BCUT2D eigenvalue weighted by molar-refractivity contribution is 5.81. The van der Waals surface area contributed by atoms with Crippen molar-refractivity contribution in [2.45, 2.75) is 38.7 Å². The highest BCUT2D eigenvalue weighted by Crippen LogP contribution is 2.38. The first-order valence-corrected chi connectivity index (χ1v) is 11.7. The van der Waals surface area contributed by atoms with E-state index in [-0.39, 0.29) is 24.4 Å². The number of nitrogens with one attached hydrogen (secondary N) is 2. The molecule has 6 nitrogen and oxygen atoms in total. The van der Waals surface area contributed by atoms with Gasteiger partial charge < -0.3 is 20.3 Å². The van der Waals surface area contributed by atoms with Gasteiger partial charge in [-0.3, -0.25) is 4.79 Å². The van der Waals surface area contributed by atoms with Crippen molar-refractivity contribution in [2.24, 2.45) is 5.92 Å². The molecular formula is C26H31F3N4O2. The van der Waals surface area contributed by atoms with Crippen LogP contribution in [-0.4, -0.2) is 50.9 Å². The minimum absolute atomic E-state index is 0.0757. The number of piperazine rings is 1. The molecule has 0 spiro atoms. The summed E-state index contributed by atoms with van der Waals surface area (Å²) >= 11 is 0. The lowest BCUT2D eigenvalue weighted by molar-refractivity contribution is -0.236. The van der Waals surface area contributed by atoms with E-state index < -0.39 is 24.3 Å². The van der Waals surface area contributed by atoms with Crippen LogP contribution in [0.1, 0.15) is 31.9 Å². The van der Waals surface area contributed by atoms with Gasteiger partial charge in [-0.25, -0.2) is 0 Å². The molecule has 1 aliphatic rings. The zero-order valence-corrected chi connectivity index (χ0v) is 19.9. The second kappa shape index (κ2) is 12.0. The number of carbonyl (C=O) groups excluding carboxylic acids is 1. The minimum atomic E-state index is -4.71. The van der Waals surface area contributed by atoms with E-state index in [1.165, 1.54) is 12.1 Å². The summed E-state index contributed by atoms with van der Waals surface area (Å²) in [7, 11) is 0. The quantitative estimate of drug-likeness (QED) is 0.511. The summed E-state index contributed by atoms with van der Waals surface area (Å²) in [6.07, 6.45) is -8.20. The third-order valence-corrected chi connectivity index (χ3v) is 5.81. The first-order chi connectivity index (χ1) is 16.7. The predicted octanol–water partition coefficient (Wildman–Crippen LogP) is 4.44. The number of nitriles is 1. The van der Waals surface area contributed by atoms with Crippen LogP contribution in [-0.2, 0) is 9.53 Å². The molecule has 2 aromatic carbocycles. The predicted molar refractivity (Wildman–Crippen MR) is 129 cm³/mol. The molecule has 2 unspecified atom stereocenters. The Labute approximate surface area is 204 Å². The number of amides is 1. The average molecular weight is 489 g/mol. The normalized spacial score (nSPS) is 16.0. The Balaban J connectivity index is 1.77. The van der Waals surface area contributed by atoms with Crippen LogP contribution in [0.25, 0.3) is 11.1 Å². The lowest BCUT2D eigenvalue weighted by Gasteiger charge is -2.29. The maximum Gasteiger partial charge on any atom is 0.418 e. The Kier molecular flexibility index (Phi) is 9.13. The highest BCUT2D eigenvalue weighted by Gasteiger charge is 2.44. The van der Waals surface area contributed by atoms with Gasteiger partial charge in [-0.15, -0.1) is 0 Å². The number of alkyl halides is 3. The van der Waals surface area contributed by atoms with Gasteiger partial charge in [0.2, 0.25) is 5.91 Å². The van der Waals surface area contributed by atoms with Gasteiger partial charge in [0, 0.05) is 31.9 Å². The lowest BCUT2D eigenvalue weighted by atomic mass is 10.0. The van der Waals surface area contributed by atoms with E-state index in [2.05, 4.69) is 15.5 Å². The number of benzene rings is 2. The van der Waals surface area contributed by atoms with Gasteiger partial charge in [0.25, 0.3) is 0 Å². The Bertz CT molecular complexity index is 995. The first kappa shape index (κ1) is 26.5. The molecule has 9 heteroatoms. The average Bonchev–Trinajstić information content (AvgIpc) is 2.85. The van der Waals surface area contributed by atoms with Gasteiger partial charge in [0.15, 0.2) is 6.10 Å². The topological polar surface area (TPSA) is 77.4 Å². The number of carbonyl (C=O) groups is 1. The SMILES string of the molecule is CC(C)CC(OC(c1ccc(-c2ccc(N3CCNCC3)cc2)cc1)C(F)(F)F)C(=O)NCC#N. The van der Waals surface area contributed by atoms with E-state index >= 15 is 0 Å². The van der Waals surface area contributed by atoms with Gasteiger partial charge in [-0.2, -0.15) is 18.4 Å². The number of halogens is 3. The van der Waals surface area contributed by atoms with Crippen molar-refractivity contribution in [3.05, 3.63) is 54.1 Å². The molecule has 0 aromatic heterocycles. The second-order valence-electron chi connectivity index (χ2n) is 8.96. The van der Waals surface area contributed by atoms with E-state index in [9.17, 15) is 18.0 Å². The van der Waals surface area contributed by atoms with Crippen LogP contribution in [0.2, 0.25) is 0 Å². The van der Waals surface area contributed by atoms with Crippen LogP contribution in [0.4, 0.5) is 18.9 Å². The Morgan fingerprint density at radius 1 is 1.09 bits per heavy atom. The number of hydrogen-bond donors (Lipinski definition) is 2. The van der Waals surface area contributed by atoms with Gasteiger partial charge in [0.1, 0.15) is 12.6 Å². The summed E-state index contributed by atoms with van der Waals surface area (Å²) in [6.45, 7) is 7.01. The van der Waals surface area contributed by atoms with Crippen LogP contribution in [0.3, 0.4) is 0 Å². The molecule has 3 rings (SSSR count). The summed E-state index contributed by atoms with van der Waals surface area (Å²) in [6, 6.07) is 15.7. The first-order valence-electron chi connectivity index (χ1n) is 11.7. The maximum atomic E-state index is 13.9. The molecule has 0 radical (unpaired) electrons. The lowest BCUT2D eigenvalue weighted by Crippen LogP contribution is -2.43. The maximum absolute atomic E-state index is 13.9. The molecule has 0 saturated carbocycles. The van der Waals surface area contributed by atoms with E-state index in [0.29, 0.717) is 0 Å². The Hall–Kier alpha value is -3.09. The van der Waals surface area contributed by atoms with Crippen LogP contribution in [0.15, 0.2) is 48.5 Å². The fourth-order valence-corrected chi connectivity index (χ4v) is 4.04. The molecule has 0 aliphatic carbocycles. The van der Waals surface area contributed by atoms with Gasteiger partial charge in [-0.1, -0.05) is 50.2 Å². The monoisotopic (exact) mass is 488 g/mol. The fourth-order valence-electron chi connectivity index (χ4n) is 4.04. The number of ether oxygens (including phenoxy) is 1. The molecule has 1 heterocycles. The molecule has 1 saturated heterocycles. The third kappa shape index (κ3) is 7.44. The molecule has 188 valence electrons. The van der Waals surface area contributed by atoms with Crippen molar-refractivity contribution in [1.29, 1.82) is 5.26 Å². The standard InChI is InChI=1S/C26H31F3N4O2/c1-18(2)17-23(25(34)32-12-11-30)35-24(26(27,28)29)21-5-3-19(4-6-21)20-7-9-22(10-8-20)33-15-13-31-14-16-33/h3-10,18,23-24,31H,12-17H2,1-2H3,(H,32,34). The third-order valence-electron chi connectivity index (χ3n) is 5.81. The molecule has 2 N–H and O–H groups in total. The summed E-state index contributed by atoms with van der Waals surface area (Å²) in [4.78, 5) is 14.6. The molecule has 1 amide bonds. The summed E-state index contributed by atoms with van der Waals surface area (Å²) in [5.41, 5.74) is 2.71.